The van der Waals surface area contributed by atoms with Crippen LogP contribution in [0.2, 0.25) is 0 Å². The molecule has 1 atom stereocenters. The van der Waals surface area contributed by atoms with Gasteiger partial charge in [-0.05, 0) is 43.3 Å². The number of β-amino-alcohol motifs (C(OH)–C–C–N with tert-alkyl or cyclic N) is 1. The predicted octanol–water partition coefficient (Wildman–Crippen LogP) is 2.33. The summed E-state index contributed by atoms with van der Waals surface area (Å²) in [5.74, 6) is 0.831. The van der Waals surface area contributed by atoms with Gasteiger partial charge in [0, 0.05) is 38.4 Å². The predicted molar refractivity (Wildman–Crippen MR) is 99.1 cm³/mol. The molecule has 6 heteroatoms. The Labute approximate surface area is 148 Å². The highest BCUT2D eigenvalue weighted by atomic mass is 32.1. The molecular weight excluding hydrogens is 320 g/mol. The highest BCUT2D eigenvalue weighted by Gasteiger charge is 2.18. The smallest absolute Gasteiger partial charge is 0.107 e. The number of hydrogen-bond donors (Lipinski definition) is 2. The van der Waals surface area contributed by atoms with Crippen LogP contribution in [0.4, 0.5) is 0 Å². The molecule has 132 valence electrons. The summed E-state index contributed by atoms with van der Waals surface area (Å²) in [7, 11) is 1.95. The summed E-state index contributed by atoms with van der Waals surface area (Å²) in [5.41, 5.74) is 2.22. The highest BCUT2D eigenvalue weighted by molar-refractivity contribution is 7.13. The van der Waals surface area contributed by atoms with Gasteiger partial charge in [-0.2, -0.15) is 5.10 Å². The number of likely N-dealkylation sites (tertiary alicyclic amines) is 1. The van der Waals surface area contributed by atoms with Crippen LogP contribution in [0.3, 0.4) is 0 Å². The fourth-order valence-corrected chi connectivity index (χ4v) is 4.01. The van der Waals surface area contributed by atoms with Gasteiger partial charge >= 0.3 is 0 Å². The number of nitrogens with zero attached hydrogens (tertiary/aromatic N) is 3. The first-order valence-electron chi connectivity index (χ1n) is 8.79. The molecule has 1 aliphatic heterocycles. The van der Waals surface area contributed by atoms with Crippen molar-refractivity contribution in [3.63, 3.8) is 0 Å². The normalized spacial score (nSPS) is 18.1. The van der Waals surface area contributed by atoms with Gasteiger partial charge < -0.3 is 15.3 Å². The number of aryl methyl sites for hydroxylation is 1. The van der Waals surface area contributed by atoms with E-state index in [1.807, 2.05) is 11.7 Å². The Kier molecular flexibility index (Phi) is 6.05. The van der Waals surface area contributed by atoms with Crippen LogP contribution in [-0.2, 0) is 13.6 Å². The Balaban J connectivity index is 1.46. The van der Waals surface area contributed by atoms with Crippen LogP contribution in [0.15, 0.2) is 23.7 Å². The summed E-state index contributed by atoms with van der Waals surface area (Å²) >= 11 is 1.71. The highest BCUT2D eigenvalue weighted by Crippen LogP contribution is 2.26. The van der Waals surface area contributed by atoms with Gasteiger partial charge in [-0.25, -0.2) is 0 Å². The molecule has 0 bridgehead atoms. The zero-order valence-corrected chi connectivity index (χ0v) is 15.4. The van der Waals surface area contributed by atoms with Gasteiger partial charge in [-0.3, -0.25) is 4.68 Å². The van der Waals surface area contributed by atoms with Crippen molar-refractivity contribution in [3.05, 3.63) is 29.3 Å². The molecule has 1 fully saturated rings. The number of nitrogens with one attached hydrogen (secondary N) is 1. The molecule has 2 aromatic heterocycles. The Morgan fingerprint density at radius 3 is 2.92 bits per heavy atom. The van der Waals surface area contributed by atoms with E-state index in [2.05, 4.69) is 45.9 Å². The van der Waals surface area contributed by atoms with E-state index < -0.39 is 0 Å². The molecule has 0 amide bonds. The van der Waals surface area contributed by atoms with Crippen molar-refractivity contribution in [2.45, 2.75) is 32.4 Å². The van der Waals surface area contributed by atoms with Crippen LogP contribution in [-0.4, -0.2) is 52.1 Å². The first-order chi connectivity index (χ1) is 11.6. The Morgan fingerprint density at radius 1 is 1.42 bits per heavy atom. The van der Waals surface area contributed by atoms with Crippen molar-refractivity contribution >= 4 is 11.3 Å². The Hall–Kier alpha value is -1.21. The molecule has 2 aromatic rings. The standard InChI is InChI=1S/C18H28N4OS/c1-14-5-7-22(8-6-14)13-16(23)11-19-10-15-12-21(2)20-18(15)17-4-3-9-24-17/h3-4,9,12,14,16,19,23H,5-8,10-11,13H2,1-2H3. The first-order valence-corrected chi connectivity index (χ1v) is 9.67. The van der Waals surface area contributed by atoms with Gasteiger partial charge in [0.2, 0.25) is 0 Å². The maximum Gasteiger partial charge on any atom is 0.107 e. The second-order valence-electron chi connectivity index (χ2n) is 6.92. The van der Waals surface area contributed by atoms with E-state index in [1.165, 1.54) is 23.3 Å². The summed E-state index contributed by atoms with van der Waals surface area (Å²) in [4.78, 5) is 3.57. The lowest BCUT2D eigenvalue weighted by molar-refractivity contribution is 0.0907. The van der Waals surface area contributed by atoms with Gasteiger partial charge in [0.05, 0.1) is 11.0 Å². The molecule has 0 spiro atoms. The molecular formula is C18H28N4OS. The molecule has 1 aliphatic rings. The van der Waals surface area contributed by atoms with Crippen LogP contribution in [0, 0.1) is 5.92 Å². The molecule has 3 rings (SSSR count). The molecule has 2 N–H and O–H groups in total. The lowest BCUT2D eigenvalue weighted by atomic mass is 9.99. The number of thiophene rings is 1. The van der Waals surface area contributed by atoms with Crippen LogP contribution in [0.25, 0.3) is 10.6 Å². The average molecular weight is 349 g/mol. The second kappa shape index (κ2) is 8.25. The summed E-state index contributed by atoms with van der Waals surface area (Å²) in [6.07, 6.45) is 4.24. The zero-order chi connectivity index (χ0) is 16.9. The van der Waals surface area contributed by atoms with Crippen molar-refractivity contribution in [2.24, 2.45) is 13.0 Å². The summed E-state index contributed by atoms with van der Waals surface area (Å²) in [6, 6.07) is 4.15. The monoisotopic (exact) mass is 348 g/mol. The average Bonchev–Trinajstić information content (AvgIpc) is 3.19. The van der Waals surface area contributed by atoms with Gasteiger partial charge in [-0.1, -0.05) is 13.0 Å². The van der Waals surface area contributed by atoms with E-state index in [-0.39, 0.29) is 6.10 Å². The van der Waals surface area contributed by atoms with Crippen molar-refractivity contribution in [1.82, 2.24) is 20.0 Å². The van der Waals surface area contributed by atoms with Crippen LogP contribution >= 0.6 is 11.3 Å². The van der Waals surface area contributed by atoms with Gasteiger partial charge in [0.15, 0.2) is 0 Å². The quantitative estimate of drug-likeness (QED) is 0.806. The first kappa shape index (κ1) is 17.6. The molecule has 0 aromatic carbocycles. The summed E-state index contributed by atoms with van der Waals surface area (Å²) in [6.45, 7) is 6.66. The third kappa shape index (κ3) is 4.66. The Morgan fingerprint density at radius 2 is 2.21 bits per heavy atom. The molecule has 1 unspecified atom stereocenters. The second-order valence-corrected chi connectivity index (χ2v) is 7.87. The summed E-state index contributed by atoms with van der Waals surface area (Å²) in [5, 5.41) is 20.3. The number of piperidine rings is 1. The number of aliphatic hydroxyl groups is 1. The number of aromatic nitrogens is 2. The minimum atomic E-state index is -0.319. The van der Waals surface area contributed by atoms with Crippen LogP contribution < -0.4 is 5.32 Å². The van der Waals surface area contributed by atoms with Gasteiger partial charge in [0.25, 0.3) is 0 Å². The zero-order valence-electron chi connectivity index (χ0n) is 14.6. The van der Waals surface area contributed by atoms with Crippen molar-refractivity contribution in [1.29, 1.82) is 0 Å². The molecule has 3 heterocycles. The SMILES string of the molecule is CC1CCN(CC(O)CNCc2cn(C)nc2-c2cccs2)CC1. The molecule has 1 saturated heterocycles. The topological polar surface area (TPSA) is 53.3 Å². The lowest BCUT2D eigenvalue weighted by Gasteiger charge is -2.31. The lowest BCUT2D eigenvalue weighted by Crippen LogP contribution is -2.41. The largest absolute Gasteiger partial charge is 0.390 e. The minimum absolute atomic E-state index is 0.319. The van der Waals surface area contributed by atoms with Gasteiger partial charge in [0.1, 0.15) is 5.69 Å². The minimum Gasteiger partial charge on any atom is -0.390 e. The third-order valence-corrected chi connectivity index (χ3v) is 5.58. The number of hydrogen-bond acceptors (Lipinski definition) is 5. The van der Waals surface area contributed by atoms with E-state index in [0.29, 0.717) is 6.54 Å². The van der Waals surface area contributed by atoms with E-state index in [9.17, 15) is 5.11 Å². The molecule has 0 radical (unpaired) electrons. The molecule has 24 heavy (non-hydrogen) atoms. The molecule has 5 nitrogen and oxygen atoms in total. The van der Waals surface area contributed by atoms with E-state index >= 15 is 0 Å². The fourth-order valence-electron chi connectivity index (χ4n) is 3.27. The number of rotatable bonds is 7. The van der Waals surface area contributed by atoms with E-state index in [4.69, 9.17) is 0 Å². The van der Waals surface area contributed by atoms with Crippen molar-refractivity contribution < 1.29 is 5.11 Å². The maximum atomic E-state index is 10.3. The summed E-state index contributed by atoms with van der Waals surface area (Å²) < 4.78 is 1.86. The maximum absolute atomic E-state index is 10.3. The van der Waals surface area contributed by atoms with Gasteiger partial charge in [-0.15, -0.1) is 11.3 Å². The van der Waals surface area contributed by atoms with E-state index in [0.717, 1.165) is 37.8 Å². The van der Waals surface area contributed by atoms with Crippen molar-refractivity contribution in [2.75, 3.05) is 26.2 Å². The fraction of sp³-hybridized carbons (Fsp3) is 0.611. The molecule has 0 aliphatic carbocycles. The number of aliphatic hydroxyl groups excluding tert-OH is 1. The van der Waals surface area contributed by atoms with E-state index in [1.54, 1.807) is 11.3 Å². The van der Waals surface area contributed by atoms with Crippen molar-refractivity contribution in [3.8, 4) is 10.6 Å². The molecule has 0 saturated carbocycles. The van der Waals surface area contributed by atoms with Crippen LogP contribution in [0.5, 0.6) is 0 Å². The Bertz CT molecular complexity index is 617. The third-order valence-electron chi connectivity index (χ3n) is 4.70. The van der Waals surface area contributed by atoms with Crippen LogP contribution in [0.1, 0.15) is 25.3 Å².